The zero-order valence-electron chi connectivity index (χ0n) is 14.6. The van der Waals surface area contributed by atoms with E-state index in [0.29, 0.717) is 11.3 Å². The van der Waals surface area contributed by atoms with Crippen LogP contribution < -0.4 is 9.75 Å². The van der Waals surface area contributed by atoms with Crippen LogP contribution in [0.1, 0.15) is 12.5 Å². The molecular formula is C22H18N2O2. The van der Waals surface area contributed by atoms with Crippen LogP contribution in [0.4, 0.5) is 5.69 Å². The molecule has 128 valence electrons. The molecule has 26 heavy (non-hydrogen) atoms. The summed E-state index contributed by atoms with van der Waals surface area (Å²) < 4.78 is 5.25. The van der Waals surface area contributed by atoms with E-state index in [0.717, 1.165) is 27.8 Å². The second kappa shape index (κ2) is 6.48. The van der Waals surface area contributed by atoms with Crippen LogP contribution in [0.2, 0.25) is 0 Å². The van der Waals surface area contributed by atoms with Gasteiger partial charge >= 0.3 is 0 Å². The Morgan fingerprint density at radius 3 is 2.58 bits per heavy atom. The lowest BCUT2D eigenvalue weighted by Crippen LogP contribution is -2.21. The van der Waals surface area contributed by atoms with Gasteiger partial charge in [-0.25, -0.2) is 0 Å². The maximum Gasteiger partial charge on any atom is 0.280 e. The summed E-state index contributed by atoms with van der Waals surface area (Å²) in [7, 11) is 1.63. The van der Waals surface area contributed by atoms with Crippen molar-refractivity contribution in [3.8, 4) is 5.75 Å². The van der Waals surface area contributed by atoms with Crippen molar-refractivity contribution in [3.63, 3.8) is 0 Å². The van der Waals surface area contributed by atoms with Crippen LogP contribution in [0.15, 0.2) is 77.4 Å². The number of amides is 1. The molecule has 1 amide bonds. The molecule has 1 heterocycles. The first-order chi connectivity index (χ1) is 12.7. The van der Waals surface area contributed by atoms with Gasteiger partial charge in [0.2, 0.25) is 0 Å². The fraction of sp³-hybridized carbons (Fsp3) is 0.0909. The van der Waals surface area contributed by atoms with Gasteiger partial charge in [-0.3, -0.25) is 4.79 Å². The molecule has 0 aromatic heterocycles. The van der Waals surface area contributed by atoms with Gasteiger partial charge in [0.05, 0.1) is 24.1 Å². The first-order valence-corrected chi connectivity index (χ1v) is 8.40. The van der Waals surface area contributed by atoms with Gasteiger partial charge in [0.25, 0.3) is 5.91 Å². The number of anilines is 1. The number of nitrogens with zero attached hydrogens (tertiary/aromatic N) is 2. The smallest absolute Gasteiger partial charge is 0.280 e. The van der Waals surface area contributed by atoms with Gasteiger partial charge in [0.1, 0.15) is 5.75 Å². The minimum atomic E-state index is -0.124. The van der Waals surface area contributed by atoms with E-state index >= 15 is 0 Å². The number of carbonyl (C=O) groups is 1. The SMILES string of the molecule is COc1cccc(C=C2C(=O)N(c3ccc4ccccc4c3)N=C2C)c1. The van der Waals surface area contributed by atoms with Gasteiger partial charge in [-0.2, -0.15) is 10.1 Å². The van der Waals surface area contributed by atoms with Crippen molar-refractivity contribution in [1.82, 2.24) is 0 Å². The number of rotatable bonds is 3. The molecule has 1 aliphatic rings. The predicted octanol–water partition coefficient (Wildman–Crippen LogP) is 4.65. The number of carbonyl (C=O) groups excluding carboxylic acids is 1. The Kier molecular flexibility index (Phi) is 4.01. The van der Waals surface area contributed by atoms with Crippen LogP contribution in [-0.4, -0.2) is 18.7 Å². The topological polar surface area (TPSA) is 41.9 Å². The lowest BCUT2D eigenvalue weighted by Gasteiger charge is -2.12. The molecule has 3 aromatic rings. The van der Waals surface area contributed by atoms with Crippen molar-refractivity contribution in [2.45, 2.75) is 6.92 Å². The highest BCUT2D eigenvalue weighted by molar-refractivity contribution is 6.32. The van der Waals surface area contributed by atoms with Crippen LogP contribution >= 0.6 is 0 Å². The highest BCUT2D eigenvalue weighted by atomic mass is 16.5. The van der Waals surface area contributed by atoms with Crippen LogP contribution in [0.25, 0.3) is 16.8 Å². The summed E-state index contributed by atoms with van der Waals surface area (Å²) >= 11 is 0. The van der Waals surface area contributed by atoms with E-state index in [1.54, 1.807) is 7.11 Å². The molecule has 0 unspecified atom stereocenters. The molecule has 0 spiro atoms. The molecule has 3 aromatic carbocycles. The Balaban J connectivity index is 1.70. The van der Waals surface area contributed by atoms with E-state index in [9.17, 15) is 4.79 Å². The third-order valence-corrected chi connectivity index (χ3v) is 4.44. The number of hydrazone groups is 1. The lowest BCUT2D eigenvalue weighted by atomic mass is 10.1. The van der Waals surface area contributed by atoms with Gasteiger partial charge in [-0.1, -0.05) is 42.5 Å². The molecule has 0 atom stereocenters. The minimum Gasteiger partial charge on any atom is -0.497 e. The van der Waals surface area contributed by atoms with Crippen molar-refractivity contribution in [2.75, 3.05) is 12.1 Å². The summed E-state index contributed by atoms with van der Waals surface area (Å²) in [5.74, 6) is 0.631. The van der Waals surface area contributed by atoms with Crippen LogP contribution in [0.5, 0.6) is 5.75 Å². The average molecular weight is 342 g/mol. The summed E-state index contributed by atoms with van der Waals surface area (Å²) in [4.78, 5) is 12.9. The zero-order valence-corrected chi connectivity index (χ0v) is 14.6. The van der Waals surface area contributed by atoms with Gasteiger partial charge < -0.3 is 4.74 Å². The summed E-state index contributed by atoms with van der Waals surface area (Å²) in [5, 5.41) is 8.15. The van der Waals surface area contributed by atoms with Gasteiger partial charge in [0.15, 0.2) is 0 Å². The standard InChI is InChI=1S/C22H18N2O2/c1-15-21(13-16-6-5-9-20(12-16)26-2)22(25)24(23-15)19-11-10-17-7-3-4-8-18(17)14-19/h3-14H,1-2H3. The van der Waals surface area contributed by atoms with Gasteiger partial charge in [0, 0.05) is 0 Å². The van der Waals surface area contributed by atoms with Crippen molar-refractivity contribution < 1.29 is 9.53 Å². The van der Waals surface area contributed by atoms with Crippen molar-refractivity contribution in [2.24, 2.45) is 5.10 Å². The molecule has 0 radical (unpaired) electrons. The van der Waals surface area contributed by atoms with Crippen molar-refractivity contribution in [3.05, 3.63) is 77.9 Å². The molecule has 0 bridgehead atoms. The summed E-state index contributed by atoms with van der Waals surface area (Å²) in [5.41, 5.74) is 2.96. The molecule has 4 nitrogen and oxygen atoms in total. The fourth-order valence-electron chi connectivity index (χ4n) is 3.07. The molecule has 0 aliphatic carbocycles. The Hall–Kier alpha value is -3.40. The van der Waals surface area contributed by atoms with E-state index in [4.69, 9.17) is 4.74 Å². The minimum absolute atomic E-state index is 0.124. The highest BCUT2D eigenvalue weighted by Crippen LogP contribution is 2.28. The summed E-state index contributed by atoms with van der Waals surface area (Å²) in [6.45, 7) is 1.85. The maximum absolute atomic E-state index is 12.9. The number of benzene rings is 3. The number of hydrogen-bond acceptors (Lipinski definition) is 3. The van der Waals surface area contributed by atoms with E-state index in [2.05, 4.69) is 5.10 Å². The Morgan fingerprint density at radius 2 is 1.77 bits per heavy atom. The number of fused-ring (bicyclic) bond motifs is 1. The number of methoxy groups -OCH3 is 1. The number of ether oxygens (including phenoxy) is 1. The van der Waals surface area contributed by atoms with Gasteiger partial charge in [-0.15, -0.1) is 0 Å². The van der Waals surface area contributed by atoms with Crippen LogP contribution in [0, 0.1) is 0 Å². The molecule has 0 saturated carbocycles. The normalized spacial score (nSPS) is 15.6. The first-order valence-electron chi connectivity index (χ1n) is 8.40. The zero-order chi connectivity index (χ0) is 18.1. The Labute approximate surface area is 152 Å². The largest absolute Gasteiger partial charge is 0.497 e. The Morgan fingerprint density at radius 1 is 0.962 bits per heavy atom. The predicted molar refractivity (Wildman–Crippen MR) is 106 cm³/mol. The maximum atomic E-state index is 12.9. The second-order valence-electron chi connectivity index (χ2n) is 6.17. The van der Waals surface area contributed by atoms with Crippen LogP contribution in [-0.2, 0) is 4.79 Å². The average Bonchev–Trinajstić information content (AvgIpc) is 2.96. The van der Waals surface area contributed by atoms with E-state index < -0.39 is 0 Å². The molecule has 1 aliphatic heterocycles. The third-order valence-electron chi connectivity index (χ3n) is 4.44. The Bertz CT molecular complexity index is 1070. The first kappa shape index (κ1) is 16.1. The van der Waals surface area contributed by atoms with E-state index in [-0.39, 0.29) is 5.91 Å². The molecular weight excluding hydrogens is 324 g/mol. The summed E-state index contributed by atoms with van der Waals surface area (Å²) in [6.07, 6.45) is 1.85. The van der Waals surface area contributed by atoms with E-state index in [1.165, 1.54) is 5.01 Å². The molecule has 4 rings (SSSR count). The lowest BCUT2D eigenvalue weighted by molar-refractivity contribution is -0.114. The van der Waals surface area contributed by atoms with Crippen molar-refractivity contribution >= 4 is 34.2 Å². The van der Waals surface area contributed by atoms with E-state index in [1.807, 2.05) is 79.7 Å². The van der Waals surface area contributed by atoms with Crippen LogP contribution in [0.3, 0.4) is 0 Å². The quantitative estimate of drug-likeness (QED) is 0.650. The van der Waals surface area contributed by atoms with Crippen molar-refractivity contribution in [1.29, 1.82) is 0 Å². The summed E-state index contributed by atoms with van der Waals surface area (Å²) in [6, 6.07) is 21.6. The second-order valence-corrected chi connectivity index (χ2v) is 6.17. The van der Waals surface area contributed by atoms with Gasteiger partial charge in [-0.05, 0) is 53.6 Å². The molecule has 0 saturated heterocycles. The highest BCUT2D eigenvalue weighted by Gasteiger charge is 2.28. The molecule has 4 heteroatoms. The molecule has 0 fully saturated rings. The molecule has 0 N–H and O–H groups in total. The fourth-order valence-corrected chi connectivity index (χ4v) is 3.07. The monoisotopic (exact) mass is 342 g/mol. The third kappa shape index (κ3) is 2.86. The number of hydrogen-bond donors (Lipinski definition) is 0.